The molecule has 0 saturated carbocycles. The molecule has 1 unspecified atom stereocenters. The molecule has 3 heteroatoms. The first-order valence-electron chi connectivity index (χ1n) is 7.36. The van der Waals surface area contributed by atoms with Gasteiger partial charge in [-0.2, -0.15) is 0 Å². The third kappa shape index (κ3) is 3.42. The van der Waals surface area contributed by atoms with Gasteiger partial charge in [0.25, 0.3) is 0 Å². The minimum atomic E-state index is -0.214. The van der Waals surface area contributed by atoms with Gasteiger partial charge in [0.05, 0.1) is 6.04 Å². The number of anilines is 1. The lowest BCUT2D eigenvalue weighted by atomic mass is 9.99. The minimum absolute atomic E-state index is 0.0208. The Balaban J connectivity index is 2.44. The zero-order chi connectivity index (χ0) is 15.4. The number of hydrogen-bond donors (Lipinski definition) is 1. The highest BCUT2D eigenvalue weighted by Crippen LogP contribution is 2.29. The van der Waals surface area contributed by atoms with Crippen LogP contribution in [0, 0.1) is 19.7 Å². The van der Waals surface area contributed by atoms with Crippen molar-refractivity contribution < 1.29 is 4.39 Å². The molecule has 0 aromatic heterocycles. The third-order valence-corrected chi connectivity index (χ3v) is 3.87. The quantitative estimate of drug-likeness (QED) is 0.901. The number of nitrogens with zero attached hydrogens (tertiary/aromatic N) is 1. The summed E-state index contributed by atoms with van der Waals surface area (Å²) in [6, 6.07) is 13.2. The largest absolute Gasteiger partial charge is 0.363 e. The molecule has 0 fully saturated rings. The standard InChI is InChI=1S/C18H23FN2/c1-4-21(16-7-5-6-13(2)10-16)18(12-20)17-11-15(19)9-8-14(17)3/h5-11,18H,4,12,20H2,1-3H3. The third-order valence-electron chi connectivity index (χ3n) is 3.87. The van der Waals surface area contributed by atoms with Crippen LogP contribution in [0.15, 0.2) is 42.5 Å². The van der Waals surface area contributed by atoms with E-state index in [9.17, 15) is 4.39 Å². The molecular weight excluding hydrogens is 263 g/mol. The zero-order valence-electron chi connectivity index (χ0n) is 12.9. The van der Waals surface area contributed by atoms with Crippen LogP contribution < -0.4 is 10.6 Å². The molecule has 2 nitrogen and oxygen atoms in total. The Morgan fingerprint density at radius 3 is 2.52 bits per heavy atom. The second-order valence-electron chi connectivity index (χ2n) is 5.38. The highest BCUT2D eigenvalue weighted by molar-refractivity contribution is 5.51. The van der Waals surface area contributed by atoms with Gasteiger partial charge in [-0.1, -0.05) is 18.2 Å². The van der Waals surface area contributed by atoms with Crippen molar-refractivity contribution in [2.75, 3.05) is 18.0 Å². The molecule has 0 spiro atoms. The summed E-state index contributed by atoms with van der Waals surface area (Å²) >= 11 is 0. The Hall–Kier alpha value is -1.87. The fourth-order valence-corrected chi connectivity index (χ4v) is 2.78. The normalized spacial score (nSPS) is 12.2. The van der Waals surface area contributed by atoms with E-state index in [1.54, 1.807) is 6.07 Å². The van der Waals surface area contributed by atoms with Gasteiger partial charge in [0, 0.05) is 18.8 Å². The Bertz CT molecular complexity index is 610. The van der Waals surface area contributed by atoms with Gasteiger partial charge in [0.15, 0.2) is 0 Å². The van der Waals surface area contributed by atoms with Crippen LogP contribution in [-0.2, 0) is 0 Å². The lowest BCUT2D eigenvalue weighted by molar-refractivity contribution is 0.605. The van der Waals surface area contributed by atoms with Crippen LogP contribution in [0.3, 0.4) is 0 Å². The van der Waals surface area contributed by atoms with Crippen molar-refractivity contribution in [2.24, 2.45) is 5.73 Å². The van der Waals surface area contributed by atoms with Gasteiger partial charge in [-0.15, -0.1) is 0 Å². The number of hydrogen-bond acceptors (Lipinski definition) is 2. The first-order chi connectivity index (χ1) is 10.1. The monoisotopic (exact) mass is 286 g/mol. The van der Waals surface area contributed by atoms with Crippen molar-refractivity contribution in [3.8, 4) is 0 Å². The summed E-state index contributed by atoms with van der Waals surface area (Å²) in [5, 5.41) is 0. The van der Waals surface area contributed by atoms with Crippen LogP contribution in [0.1, 0.15) is 29.7 Å². The molecule has 0 radical (unpaired) electrons. The molecule has 1 atom stereocenters. The summed E-state index contributed by atoms with van der Waals surface area (Å²) in [6.07, 6.45) is 0. The lowest BCUT2D eigenvalue weighted by Crippen LogP contribution is -2.34. The summed E-state index contributed by atoms with van der Waals surface area (Å²) in [5.41, 5.74) is 10.4. The van der Waals surface area contributed by atoms with Crippen molar-refractivity contribution in [1.82, 2.24) is 0 Å². The van der Waals surface area contributed by atoms with Crippen molar-refractivity contribution >= 4 is 5.69 Å². The number of rotatable bonds is 5. The first-order valence-corrected chi connectivity index (χ1v) is 7.36. The first kappa shape index (κ1) is 15.5. The maximum Gasteiger partial charge on any atom is 0.123 e. The molecule has 0 heterocycles. The van der Waals surface area contributed by atoms with Crippen LogP contribution in [0.2, 0.25) is 0 Å². The van der Waals surface area contributed by atoms with Crippen LogP contribution in [0.5, 0.6) is 0 Å². The molecule has 2 aromatic carbocycles. The highest BCUT2D eigenvalue weighted by Gasteiger charge is 2.20. The lowest BCUT2D eigenvalue weighted by Gasteiger charge is -2.33. The predicted octanol–water partition coefficient (Wildman–Crippen LogP) is 3.97. The van der Waals surface area contributed by atoms with Gasteiger partial charge in [0.1, 0.15) is 5.82 Å². The second-order valence-corrected chi connectivity index (χ2v) is 5.38. The molecule has 2 N–H and O–H groups in total. The SMILES string of the molecule is CCN(c1cccc(C)c1)C(CN)c1cc(F)ccc1C. The zero-order valence-corrected chi connectivity index (χ0v) is 12.9. The highest BCUT2D eigenvalue weighted by atomic mass is 19.1. The van der Waals surface area contributed by atoms with E-state index in [1.165, 1.54) is 11.6 Å². The van der Waals surface area contributed by atoms with E-state index >= 15 is 0 Å². The maximum absolute atomic E-state index is 13.6. The smallest absolute Gasteiger partial charge is 0.123 e. The molecule has 21 heavy (non-hydrogen) atoms. The van der Waals surface area contributed by atoms with Crippen LogP contribution in [0.4, 0.5) is 10.1 Å². The van der Waals surface area contributed by atoms with Crippen LogP contribution >= 0.6 is 0 Å². The van der Waals surface area contributed by atoms with E-state index in [0.29, 0.717) is 6.54 Å². The van der Waals surface area contributed by atoms with Crippen molar-refractivity contribution in [1.29, 1.82) is 0 Å². The van der Waals surface area contributed by atoms with E-state index in [2.05, 4.69) is 36.9 Å². The Morgan fingerprint density at radius 2 is 1.90 bits per heavy atom. The molecule has 0 bridgehead atoms. The summed E-state index contributed by atoms with van der Waals surface area (Å²) in [4.78, 5) is 2.23. The van der Waals surface area contributed by atoms with Crippen molar-refractivity contribution in [3.05, 3.63) is 65.0 Å². The maximum atomic E-state index is 13.6. The number of halogens is 1. The number of likely N-dealkylation sites (N-methyl/N-ethyl adjacent to an activating group) is 1. The number of aryl methyl sites for hydroxylation is 2. The van der Waals surface area contributed by atoms with E-state index in [-0.39, 0.29) is 11.9 Å². The minimum Gasteiger partial charge on any atom is -0.363 e. The number of nitrogens with two attached hydrogens (primary N) is 1. The van der Waals surface area contributed by atoms with Crippen LogP contribution in [0.25, 0.3) is 0 Å². The van der Waals surface area contributed by atoms with Gasteiger partial charge >= 0.3 is 0 Å². The molecule has 112 valence electrons. The summed E-state index contributed by atoms with van der Waals surface area (Å²) in [6.45, 7) is 7.44. The number of benzene rings is 2. The van der Waals surface area contributed by atoms with E-state index in [4.69, 9.17) is 5.73 Å². The second kappa shape index (κ2) is 6.72. The van der Waals surface area contributed by atoms with Gasteiger partial charge in [-0.05, 0) is 61.7 Å². The van der Waals surface area contributed by atoms with Gasteiger partial charge < -0.3 is 10.6 Å². The molecule has 2 rings (SSSR count). The van der Waals surface area contributed by atoms with E-state index in [0.717, 1.165) is 23.4 Å². The molecule has 0 aliphatic rings. The fraction of sp³-hybridized carbons (Fsp3) is 0.333. The molecule has 0 aliphatic heterocycles. The topological polar surface area (TPSA) is 29.3 Å². The van der Waals surface area contributed by atoms with Gasteiger partial charge in [0.2, 0.25) is 0 Å². The van der Waals surface area contributed by atoms with Gasteiger partial charge in [-0.25, -0.2) is 4.39 Å². The summed E-state index contributed by atoms with van der Waals surface area (Å²) < 4.78 is 13.6. The van der Waals surface area contributed by atoms with Crippen molar-refractivity contribution in [2.45, 2.75) is 26.8 Å². The summed E-state index contributed by atoms with van der Waals surface area (Å²) in [5.74, 6) is -0.214. The van der Waals surface area contributed by atoms with Gasteiger partial charge in [-0.3, -0.25) is 0 Å². The van der Waals surface area contributed by atoms with Crippen LogP contribution in [-0.4, -0.2) is 13.1 Å². The van der Waals surface area contributed by atoms with E-state index in [1.807, 2.05) is 19.1 Å². The predicted molar refractivity (Wildman–Crippen MR) is 87.1 cm³/mol. The average Bonchev–Trinajstić information content (AvgIpc) is 2.47. The molecule has 0 saturated heterocycles. The summed E-state index contributed by atoms with van der Waals surface area (Å²) in [7, 11) is 0. The average molecular weight is 286 g/mol. The molecule has 0 amide bonds. The van der Waals surface area contributed by atoms with Crippen molar-refractivity contribution in [3.63, 3.8) is 0 Å². The molecule has 2 aromatic rings. The Kier molecular flexibility index (Phi) is 4.97. The Labute approximate surface area is 126 Å². The molecule has 0 aliphatic carbocycles. The molecular formula is C18H23FN2. The van der Waals surface area contributed by atoms with E-state index < -0.39 is 0 Å². The fourth-order valence-electron chi connectivity index (χ4n) is 2.78. The Morgan fingerprint density at radius 1 is 1.14 bits per heavy atom.